The van der Waals surface area contributed by atoms with Crippen LogP contribution in [0.5, 0.6) is 5.75 Å². The van der Waals surface area contributed by atoms with Gasteiger partial charge in [0.15, 0.2) is 11.4 Å². The molecule has 0 radical (unpaired) electrons. The lowest BCUT2D eigenvalue weighted by Gasteiger charge is -2.34. The maximum absolute atomic E-state index is 13.8. The highest BCUT2D eigenvalue weighted by Crippen LogP contribution is 2.33. The maximum atomic E-state index is 13.8. The van der Waals surface area contributed by atoms with Crippen molar-refractivity contribution in [3.63, 3.8) is 0 Å². The van der Waals surface area contributed by atoms with Gasteiger partial charge in [-0.05, 0) is 18.8 Å². The van der Waals surface area contributed by atoms with Gasteiger partial charge in [-0.3, -0.25) is 14.4 Å². The molecule has 2 amide bonds. The molecule has 1 fully saturated rings. The molecule has 2 bridgehead atoms. The van der Waals surface area contributed by atoms with Crippen LogP contribution in [-0.2, 0) is 6.54 Å². The number of rotatable bonds is 3. The molecule has 3 heterocycles. The van der Waals surface area contributed by atoms with Crippen molar-refractivity contribution in [2.45, 2.75) is 32.4 Å². The highest BCUT2D eigenvalue weighted by atomic mass is 19.1. The summed E-state index contributed by atoms with van der Waals surface area (Å²) in [6.45, 7) is 2.28. The number of halogens is 3. The van der Waals surface area contributed by atoms with E-state index in [1.165, 1.54) is 10.8 Å². The Hall–Kier alpha value is -3.30. The lowest BCUT2D eigenvalue weighted by molar-refractivity contribution is 0.0662. The number of aromatic hydroxyl groups is 1. The van der Waals surface area contributed by atoms with E-state index in [-0.39, 0.29) is 17.7 Å². The number of nitrogens with zero attached hydrogens (tertiary/aromatic N) is 2. The fourth-order valence-electron chi connectivity index (χ4n) is 4.19. The van der Waals surface area contributed by atoms with E-state index in [2.05, 4.69) is 5.32 Å². The number of amides is 2. The lowest BCUT2D eigenvalue weighted by Crippen LogP contribution is -2.45. The average Bonchev–Trinajstić information content (AvgIpc) is 2.87. The van der Waals surface area contributed by atoms with Crippen molar-refractivity contribution in [1.29, 1.82) is 0 Å². The Bertz CT molecular complexity index is 1120. The predicted octanol–water partition coefficient (Wildman–Crippen LogP) is 2.33. The van der Waals surface area contributed by atoms with Gasteiger partial charge in [-0.15, -0.1) is 0 Å². The standard InChI is InChI=1S/C21H20F3N3O4/c1-10-2-3-12-8-26(7-10)21(31)17-19(29)18(28)14(9-27(12)17)20(30)25-6-13-15(23)4-11(22)5-16(13)24/h4-5,9-10,12,29H,2-3,6-8H2,1H3,(H,25,30)/t10-,12+/m1/s1. The Morgan fingerprint density at radius 2 is 1.84 bits per heavy atom. The van der Waals surface area contributed by atoms with Crippen molar-refractivity contribution in [1.82, 2.24) is 14.8 Å². The SMILES string of the molecule is C[C@@H]1CC[C@H]2CN(C1)C(=O)c1c(O)c(=O)c(C(=O)NCc3c(F)cc(F)cc3F)cn12. The molecule has 2 aliphatic heterocycles. The molecule has 2 atom stereocenters. The highest BCUT2D eigenvalue weighted by molar-refractivity contribution is 5.99. The van der Waals surface area contributed by atoms with Crippen LogP contribution < -0.4 is 10.7 Å². The molecule has 1 aromatic carbocycles. The summed E-state index contributed by atoms with van der Waals surface area (Å²) in [7, 11) is 0. The van der Waals surface area contributed by atoms with Crippen LogP contribution in [0.3, 0.4) is 0 Å². The molecule has 4 rings (SSSR count). The molecule has 2 aromatic rings. The van der Waals surface area contributed by atoms with Crippen molar-refractivity contribution >= 4 is 11.8 Å². The Kier molecular flexibility index (Phi) is 5.24. The number of fused-ring (bicyclic) bond motifs is 4. The minimum atomic E-state index is -1.18. The largest absolute Gasteiger partial charge is 0.503 e. The third-order valence-electron chi connectivity index (χ3n) is 5.83. The molecule has 2 N–H and O–H groups in total. The van der Waals surface area contributed by atoms with Crippen LogP contribution in [0, 0.1) is 23.4 Å². The van der Waals surface area contributed by atoms with Crippen molar-refractivity contribution < 1.29 is 27.9 Å². The quantitative estimate of drug-likeness (QED) is 0.774. The van der Waals surface area contributed by atoms with E-state index in [9.17, 15) is 32.7 Å². The van der Waals surface area contributed by atoms with Gasteiger partial charge in [0.2, 0.25) is 5.43 Å². The smallest absolute Gasteiger partial charge is 0.274 e. The molecule has 0 spiro atoms. The Balaban J connectivity index is 1.67. The van der Waals surface area contributed by atoms with Crippen molar-refractivity contribution in [2.24, 2.45) is 5.92 Å². The minimum Gasteiger partial charge on any atom is -0.503 e. The number of carbonyl (C=O) groups is 2. The van der Waals surface area contributed by atoms with Gasteiger partial charge in [-0.25, -0.2) is 13.2 Å². The van der Waals surface area contributed by atoms with Gasteiger partial charge in [0.05, 0.1) is 6.04 Å². The van der Waals surface area contributed by atoms with Crippen molar-refractivity contribution in [3.05, 3.63) is 62.8 Å². The Labute approximate surface area is 175 Å². The molecule has 10 heteroatoms. The highest BCUT2D eigenvalue weighted by Gasteiger charge is 2.37. The lowest BCUT2D eigenvalue weighted by atomic mass is 10.0. The zero-order valence-electron chi connectivity index (χ0n) is 16.6. The molecule has 31 heavy (non-hydrogen) atoms. The summed E-state index contributed by atoms with van der Waals surface area (Å²) in [5, 5.41) is 12.7. The van der Waals surface area contributed by atoms with Crippen LogP contribution in [0.4, 0.5) is 13.2 Å². The first-order chi connectivity index (χ1) is 14.7. The monoisotopic (exact) mass is 435 g/mol. The second-order valence-electron chi connectivity index (χ2n) is 8.05. The zero-order valence-corrected chi connectivity index (χ0v) is 16.6. The van der Waals surface area contributed by atoms with E-state index in [0.717, 1.165) is 6.42 Å². The van der Waals surface area contributed by atoms with Gasteiger partial charge in [-0.1, -0.05) is 6.92 Å². The normalized spacial score (nSPS) is 20.3. The van der Waals surface area contributed by atoms with Crippen LogP contribution in [0.15, 0.2) is 23.1 Å². The van der Waals surface area contributed by atoms with Crippen LogP contribution in [0.2, 0.25) is 0 Å². The van der Waals surface area contributed by atoms with Gasteiger partial charge in [0.1, 0.15) is 23.0 Å². The van der Waals surface area contributed by atoms with Crippen LogP contribution in [-0.4, -0.2) is 39.5 Å². The molecular formula is C21H20F3N3O4. The van der Waals surface area contributed by atoms with Crippen molar-refractivity contribution in [3.8, 4) is 5.75 Å². The Morgan fingerprint density at radius 3 is 2.52 bits per heavy atom. The van der Waals surface area contributed by atoms with Gasteiger partial charge in [0, 0.05) is 43.5 Å². The molecule has 0 aliphatic carbocycles. The second-order valence-corrected chi connectivity index (χ2v) is 8.05. The first-order valence-electron chi connectivity index (χ1n) is 9.86. The van der Waals surface area contributed by atoms with E-state index < -0.39 is 58.1 Å². The summed E-state index contributed by atoms with van der Waals surface area (Å²) >= 11 is 0. The Morgan fingerprint density at radius 1 is 1.16 bits per heavy atom. The number of nitrogens with one attached hydrogen (secondary N) is 1. The van der Waals surface area contributed by atoms with Gasteiger partial charge >= 0.3 is 0 Å². The summed E-state index contributed by atoms with van der Waals surface area (Å²) < 4.78 is 42.1. The number of pyridine rings is 1. The van der Waals surface area contributed by atoms with E-state index in [1.54, 1.807) is 4.90 Å². The van der Waals surface area contributed by atoms with E-state index in [1.807, 2.05) is 6.92 Å². The molecule has 0 unspecified atom stereocenters. The fourth-order valence-corrected chi connectivity index (χ4v) is 4.19. The first-order valence-corrected chi connectivity index (χ1v) is 9.86. The third kappa shape index (κ3) is 3.66. The molecule has 0 saturated carbocycles. The summed E-state index contributed by atoms with van der Waals surface area (Å²) in [6.07, 6.45) is 2.72. The second kappa shape index (κ2) is 7.75. The summed E-state index contributed by atoms with van der Waals surface area (Å²) in [6, 6.07) is 0.742. The zero-order chi connectivity index (χ0) is 22.4. The number of hydrogen-bond donors (Lipinski definition) is 2. The molecule has 164 valence electrons. The fraction of sp³-hybridized carbons (Fsp3) is 0.381. The van der Waals surface area contributed by atoms with Crippen LogP contribution in [0.25, 0.3) is 0 Å². The summed E-state index contributed by atoms with van der Waals surface area (Å²) in [5.74, 6) is -5.50. The number of benzene rings is 1. The minimum absolute atomic E-state index is 0.164. The number of hydrogen-bond acceptors (Lipinski definition) is 4. The average molecular weight is 435 g/mol. The molecule has 2 aliphatic rings. The molecule has 1 aromatic heterocycles. The van der Waals surface area contributed by atoms with Gasteiger partial charge in [0.25, 0.3) is 11.8 Å². The summed E-state index contributed by atoms with van der Waals surface area (Å²) in [5.41, 5.74) is -2.24. The molecule has 1 saturated heterocycles. The van der Waals surface area contributed by atoms with E-state index in [4.69, 9.17) is 0 Å². The van der Waals surface area contributed by atoms with Gasteiger partial charge < -0.3 is 19.9 Å². The van der Waals surface area contributed by atoms with Crippen molar-refractivity contribution in [2.75, 3.05) is 13.1 Å². The van der Waals surface area contributed by atoms with Crippen LogP contribution in [0.1, 0.15) is 52.2 Å². The van der Waals surface area contributed by atoms with Crippen LogP contribution >= 0.6 is 0 Å². The maximum Gasteiger partial charge on any atom is 0.274 e. The molecular weight excluding hydrogens is 415 g/mol. The summed E-state index contributed by atoms with van der Waals surface area (Å²) in [4.78, 5) is 39.6. The number of aromatic nitrogens is 1. The van der Waals surface area contributed by atoms with E-state index >= 15 is 0 Å². The third-order valence-corrected chi connectivity index (χ3v) is 5.83. The van der Waals surface area contributed by atoms with E-state index in [0.29, 0.717) is 31.6 Å². The van der Waals surface area contributed by atoms with Gasteiger partial charge in [-0.2, -0.15) is 0 Å². The molecule has 7 nitrogen and oxygen atoms in total. The topological polar surface area (TPSA) is 91.6 Å². The predicted molar refractivity (Wildman–Crippen MR) is 103 cm³/mol. The first kappa shape index (κ1) is 21.0. The number of carbonyl (C=O) groups excluding carboxylic acids is 2.